The molecule has 2 heterocycles. The Balaban J connectivity index is 2.03. The number of rotatable bonds is 7. The van der Waals surface area contributed by atoms with Crippen molar-refractivity contribution < 1.29 is 13.2 Å². The van der Waals surface area contributed by atoms with Crippen LogP contribution in [0.2, 0.25) is 5.02 Å². The molecule has 0 spiro atoms. The molecule has 158 valence electrons. The lowest BCUT2D eigenvalue weighted by molar-refractivity contribution is 0.0862. The summed E-state index contributed by atoms with van der Waals surface area (Å²) in [4.78, 5) is 8.82. The van der Waals surface area contributed by atoms with Crippen molar-refractivity contribution in [3.63, 3.8) is 0 Å². The van der Waals surface area contributed by atoms with Crippen LogP contribution in [0.4, 0.5) is 0 Å². The predicted molar refractivity (Wildman–Crippen MR) is 125 cm³/mol. The third-order valence-corrected chi connectivity index (χ3v) is 7.35. The van der Waals surface area contributed by atoms with E-state index in [2.05, 4.69) is 44.7 Å². The second-order valence-electron chi connectivity index (χ2n) is 7.60. The molecule has 0 aliphatic carbocycles. The molecule has 0 saturated carbocycles. The van der Waals surface area contributed by atoms with Gasteiger partial charge >= 0.3 is 0 Å². The number of aromatic nitrogens is 3. The Bertz CT molecular complexity index is 1140. The highest BCUT2D eigenvalue weighted by molar-refractivity contribution is 9.10. The SMILES string of the molecule is CS(C)(C)CCOCn1c(S(C)(=O)=O)nc2nc(-c3ccc(Br)cc3)c(Cl)cc21. The maximum Gasteiger partial charge on any atom is 0.231 e. The molecule has 10 heteroatoms. The van der Waals surface area contributed by atoms with E-state index in [-0.39, 0.29) is 11.9 Å². The van der Waals surface area contributed by atoms with E-state index in [9.17, 15) is 8.42 Å². The molecule has 2 aromatic heterocycles. The van der Waals surface area contributed by atoms with Crippen LogP contribution >= 0.6 is 37.6 Å². The van der Waals surface area contributed by atoms with Crippen molar-refractivity contribution in [2.24, 2.45) is 0 Å². The molecular weight excluding hydrogens is 498 g/mol. The summed E-state index contributed by atoms with van der Waals surface area (Å²) in [6.07, 6.45) is 7.75. The van der Waals surface area contributed by atoms with Crippen LogP contribution in [0.5, 0.6) is 0 Å². The predicted octanol–water partition coefficient (Wildman–Crippen LogP) is 4.59. The van der Waals surface area contributed by atoms with E-state index in [1.165, 1.54) is 4.57 Å². The smallest absolute Gasteiger partial charge is 0.231 e. The molecule has 0 amide bonds. The Kier molecular flexibility index (Phi) is 6.65. The normalized spacial score (nSPS) is 13.2. The first kappa shape index (κ1) is 22.6. The summed E-state index contributed by atoms with van der Waals surface area (Å²) in [5, 5.41) is 0.340. The first-order valence-corrected chi connectivity index (χ1v) is 14.8. The van der Waals surface area contributed by atoms with Crippen molar-refractivity contribution in [1.82, 2.24) is 14.5 Å². The lowest BCUT2D eigenvalue weighted by Gasteiger charge is -2.24. The van der Waals surface area contributed by atoms with Gasteiger partial charge in [0.05, 0.1) is 22.8 Å². The third-order valence-electron chi connectivity index (χ3n) is 4.17. The molecule has 3 rings (SSSR count). The standard InChI is InChI=1S/C19H23BrClN3O3S2/c1-28(2,3)10-9-27-12-24-16-11-15(21)17(13-5-7-14(20)8-6-13)22-18(16)23-19(24)29(4,25)26/h5-8,11H,9-10,12H2,1-4H3. The molecule has 29 heavy (non-hydrogen) atoms. The number of sulfone groups is 1. The highest BCUT2D eigenvalue weighted by Gasteiger charge is 2.22. The van der Waals surface area contributed by atoms with Gasteiger partial charge in [0, 0.05) is 22.0 Å². The van der Waals surface area contributed by atoms with Gasteiger partial charge in [-0.1, -0.05) is 39.7 Å². The Morgan fingerprint density at radius 1 is 1.10 bits per heavy atom. The highest BCUT2D eigenvalue weighted by atomic mass is 79.9. The van der Waals surface area contributed by atoms with Crippen molar-refractivity contribution in [3.05, 3.63) is 39.8 Å². The van der Waals surface area contributed by atoms with Gasteiger partial charge in [-0.15, -0.1) is 0 Å². The number of hydrogen-bond donors (Lipinski definition) is 0. The molecule has 1 aromatic carbocycles. The number of hydrogen-bond acceptors (Lipinski definition) is 5. The molecule has 0 aliphatic rings. The summed E-state index contributed by atoms with van der Waals surface area (Å²) in [6.45, 7) is 0.615. The maximum atomic E-state index is 12.3. The molecule has 0 unspecified atom stereocenters. The summed E-state index contributed by atoms with van der Waals surface area (Å²) >= 11 is 9.90. The molecule has 0 fully saturated rings. The van der Waals surface area contributed by atoms with E-state index in [1.807, 2.05) is 24.3 Å². The largest absolute Gasteiger partial charge is 0.360 e. The van der Waals surface area contributed by atoms with Crippen LogP contribution in [0.3, 0.4) is 0 Å². The molecule has 0 atom stereocenters. The van der Waals surface area contributed by atoms with E-state index in [0.717, 1.165) is 22.0 Å². The maximum absolute atomic E-state index is 12.3. The minimum absolute atomic E-state index is 0.0735. The van der Waals surface area contributed by atoms with Gasteiger partial charge in [0.2, 0.25) is 15.0 Å². The Labute approximate surface area is 186 Å². The fraction of sp³-hybridized carbons (Fsp3) is 0.368. The topological polar surface area (TPSA) is 74.1 Å². The van der Waals surface area contributed by atoms with Gasteiger partial charge in [-0.05, 0) is 37.0 Å². The van der Waals surface area contributed by atoms with Gasteiger partial charge in [0.25, 0.3) is 0 Å². The van der Waals surface area contributed by atoms with Crippen LogP contribution in [-0.2, 0) is 21.3 Å². The first-order chi connectivity index (χ1) is 13.5. The second-order valence-corrected chi connectivity index (χ2v) is 15.4. The molecule has 0 bridgehead atoms. The van der Waals surface area contributed by atoms with E-state index in [0.29, 0.717) is 28.5 Å². The monoisotopic (exact) mass is 519 g/mol. The van der Waals surface area contributed by atoms with Gasteiger partial charge in [0.15, 0.2) is 5.65 Å². The Morgan fingerprint density at radius 2 is 1.76 bits per heavy atom. The van der Waals surface area contributed by atoms with Gasteiger partial charge < -0.3 is 4.74 Å². The van der Waals surface area contributed by atoms with Gasteiger partial charge in [-0.2, -0.15) is 4.98 Å². The summed E-state index contributed by atoms with van der Waals surface area (Å²) in [6, 6.07) is 9.25. The molecule has 0 radical (unpaired) electrons. The lowest BCUT2D eigenvalue weighted by Crippen LogP contribution is -2.14. The first-order valence-electron chi connectivity index (χ1n) is 8.72. The third kappa shape index (κ3) is 5.52. The van der Waals surface area contributed by atoms with Gasteiger partial charge in [0.1, 0.15) is 6.73 Å². The Hall–Kier alpha value is -1.13. The van der Waals surface area contributed by atoms with E-state index in [1.54, 1.807) is 6.07 Å². The molecule has 0 saturated heterocycles. The number of nitrogens with zero attached hydrogens (tertiary/aromatic N) is 3. The minimum Gasteiger partial charge on any atom is -0.360 e. The number of imidazole rings is 1. The van der Waals surface area contributed by atoms with Crippen molar-refractivity contribution in [2.75, 3.05) is 37.4 Å². The van der Waals surface area contributed by atoms with E-state index < -0.39 is 19.9 Å². The second kappa shape index (κ2) is 8.55. The Morgan fingerprint density at radius 3 is 2.34 bits per heavy atom. The minimum atomic E-state index is -3.57. The van der Waals surface area contributed by atoms with Crippen molar-refractivity contribution in [1.29, 1.82) is 0 Å². The number of benzene rings is 1. The number of pyridine rings is 1. The quantitative estimate of drug-likeness (QED) is 0.426. The van der Waals surface area contributed by atoms with Gasteiger partial charge in [-0.25, -0.2) is 23.4 Å². The van der Waals surface area contributed by atoms with Crippen LogP contribution in [0.15, 0.2) is 40.0 Å². The van der Waals surface area contributed by atoms with Crippen molar-refractivity contribution in [3.8, 4) is 11.3 Å². The number of fused-ring (bicyclic) bond motifs is 1. The lowest BCUT2D eigenvalue weighted by atomic mass is 10.1. The van der Waals surface area contributed by atoms with Crippen LogP contribution in [0, 0.1) is 0 Å². The van der Waals surface area contributed by atoms with Crippen LogP contribution < -0.4 is 0 Å². The summed E-state index contributed by atoms with van der Waals surface area (Å²) in [5.41, 5.74) is 2.21. The van der Waals surface area contributed by atoms with Crippen LogP contribution in [-0.4, -0.2) is 60.3 Å². The average Bonchev–Trinajstić information content (AvgIpc) is 2.96. The number of halogens is 2. The van der Waals surface area contributed by atoms with Gasteiger partial charge in [-0.3, -0.25) is 4.57 Å². The average molecular weight is 521 g/mol. The fourth-order valence-corrected chi connectivity index (χ4v) is 4.63. The van der Waals surface area contributed by atoms with E-state index >= 15 is 0 Å². The fourth-order valence-electron chi connectivity index (χ4n) is 2.69. The zero-order valence-corrected chi connectivity index (χ0v) is 20.6. The highest BCUT2D eigenvalue weighted by Crippen LogP contribution is 2.34. The summed E-state index contributed by atoms with van der Waals surface area (Å²) in [5.74, 6) is 0.931. The zero-order chi connectivity index (χ0) is 21.4. The molecule has 6 nitrogen and oxygen atoms in total. The zero-order valence-electron chi connectivity index (χ0n) is 16.6. The molecule has 3 aromatic rings. The molecular formula is C19H23BrClN3O3S2. The number of ether oxygens (including phenoxy) is 1. The van der Waals surface area contributed by atoms with Crippen LogP contribution in [0.25, 0.3) is 22.4 Å². The van der Waals surface area contributed by atoms with Crippen molar-refractivity contribution >= 4 is 58.6 Å². The molecule has 0 aliphatic heterocycles. The summed E-state index contributed by atoms with van der Waals surface area (Å²) in [7, 11) is -4.27. The van der Waals surface area contributed by atoms with Crippen molar-refractivity contribution in [2.45, 2.75) is 11.9 Å². The summed E-state index contributed by atoms with van der Waals surface area (Å²) < 4.78 is 32.8. The van der Waals surface area contributed by atoms with Crippen LogP contribution in [0.1, 0.15) is 0 Å². The van der Waals surface area contributed by atoms with E-state index in [4.69, 9.17) is 16.3 Å². The molecule has 0 N–H and O–H groups in total.